The molecule has 1 aromatic carbocycles. The van der Waals surface area contributed by atoms with Crippen LogP contribution >= 0.6 is 0 Å². The molecule has 2 rings (SSSR count). The molecule has 4 nitrogen and oxygen atoms in total. The van der Waals surface area contributed by atoms with Gasteiger partial charge in [-0.3, -0.25) is 0 Å². The molecule has 0 saturated carbocycles. The largest absolute Gasteiger partial charge is 0.465 e. The van der Waals surface area contributed by atoms with Gasteiger partial charge in [0.05, 0.1) is 12.7 Å². The fourth-order valence-corrected chi connectivity index (χ4v) is 1.59. The number of carbonyl (C=O) groups excluding carboxylic acids is 1. The van der Waals surface area contributed by atoms with Crippen molar-refractivity contribution < 1.29 is 18.3 Å². The first kappa shape index (κ1) is 13.9. The summed E-state index contributed by atoms with van der Waals surface area (Å²) in [7, 11) is 1.28. The van der Waals surface area contributed by atoms with Crippen LogP contribution in [0.3, 0.4) is 0 Å². The van der Waals surface area contributed by atoms with Crippen LogP contribution in [0.5, 0.6) is 0 Å². The fraction of sp³-hybridized carbons (Fsp3) is 0.143. The highest BCUT2D eigenvalue weighted by molar-refractivity contribution is 5.89. The van der Waals surface area contributed by atoms with E-state index in [0.717, 1.165) is 6.07 Å². The van der Waals surface area contributed by atoms with E-state index in [1.54, 1.807) is 12.1 Å². The van der Waals surface area contributed by atoms with Crippen molar-refractivity contribution in [3.8, 4) is 0 Å². The normalized spacial score (nSPS) is 10.2. The Bertz CT molecular complexity index is 615. The number of esters is 1. The van der Waals surface area contributed by atoms with Gasteiger partial charge in [0.2, 0.25) is 0 Å². The van der Waals surface area contributed by atoms with Gasteiger partial charge >= 0.3 is 5.97 Å². The van der Waals surface area contributed by atoms with Gasteiger partial charge in [0, 0.05) is 24.4 Å². The number of anilines is 1. The number of carbonyl (C=O) groups is 1. The van der Waals surface area contributed by atoms with Gasteiger partial charge in [-0.05, 0) is 18.2 Å². The Labute approximate surface area is 114 Å². The smallest absolute Gasteiger partial charge is 0.339 e. The summed E-state index contributed by atoms with van der Waals surface area (Å²) in [5.74, 6) is -1.24. The Hall–Kier alpha value is -2.50. The fourth-order valence-electron chi connectivity index (χ4n) is 1.59. The van der Waals surface area contributed by atoms with E-state index in [1.165, 1.54) is 25.4 Å². The summed E-state index contributed by atoms with van der Waals surface area (Å²) >= 11 is 0. The van der Waals surface area contributed by atoms with E-state index >= 15 is 0 Å². The minimum atomic E-state index is -0.622. The van der Waals surface area contributed by atoms with Crippen molar-refractivity contribution >= 4 is 11.8 Å². The minimum Gasteiger partial charge on any atom is -0.465 e. The molecule has 0 spiro atoms. The van der Waals surface area contributed by atoms with Crippen LogP contribution < -0.4 is 5.32 Å². The number of nitrogens with one attached hydrogen (secondary N) is 1. The first-order valence-electron chi connectivity index (χ1n) is 5.82. The SMILES string of the molecule is COC(=O)c1ccc(NCc2ccc(F)cc2F)nc1. The average Bonchev–Trinajstić information content (AvgIpc) is 2.46. The standard InChI is InChI=1S/C14H12F2N2O2/c1-20-14(19)10-3-5-13(18-8-10)17-7-9-2-4-11(15)6-12(9)16/h2-6,8H,7H2,1H3,(H,17,18). The molecule has 1 N–H and O–H groups in total. The number of pyridine rings is 1. The van der Waals surface area contributed by atoms with Gasteiger partial charge in [-0.15, -0.1) is 0 Å². The van der Waals surface area contributed by atoms with Crippen LogP contribution in [0.25, 0.3) is 0 Å². The zero-order chi connectivity index (χ0) is 14.5. The summed E-state index contributed by atoms with van der Waals surface area (Å²) < 4.78 is 30.7. The highest BCUT2D eigenvalue weighted by Gasteiger charge is 2.06. The lowest BCUT2D eigenvalue weighted by molar-refractivity contribution is 0.0600. The second-order valence-electron chi connectivity index (χ2n) is 4.01. The second kappa shape index (κ2) is 6.10. The molecule has 0 radical (unpaired) electrons. The number of methoxy groups -OCH3 is 1. The van der Waals surface area contributed by atoms with Gasteiger partial charge in [0.25, 0.3) is 0 Å². The van der Waals surface area contributed by atoms with Crippen LogP contribution in [0.4, 0.5) is 14.6 Å². The molecule has 0 aliphatic heterocycles. The van der Waals surface area contributed by atoms with Crippen molar-refractivity contribution in [1.29, 1.82) is 0 Å². The Balaban J connectivity index is 2.02. The lowest BCUT2D eigenvalue weighted by Gasteiger charge is -2.07. The maximum Gasteiger partial charge on any atom is 0.339 e. The lowest BCUT2D eigenvalue weighted by Crippen LogP contribution is -2.06. The number of benzene rings is 1. The van der Waals surface area contributed by atoms with Crippen molar-refractivity contribution in [3.63, 3.8) is 0 Å². The molecule has 0 unspecified atom stereocenters. The van der Waals surface area contributed by atoms with Crippen molar-refractivity contribution in [2.45, 2.75) is 6.54 Å². The molecule has 6 heteroatoms. The van der Waals surface area contributed by atoms with Crippen LogP contribution in [-0.2, 0) is 11.3 Å². The number of rotatable bonds is 4. The number of hydrogen-bond acceptors (Lipinski definition) is 4. The Morgan fingerprint density at radius 3 is 2.70 bits per heavy atom. The van der Waals surface area contributed by atoms with Crippen LogP contribution in [0.2, 0.25) is 0 Å². The summed E-state index contributed by atoms with van der Waals surface area (Å²) in [6.45, 7) is 0.163. The molecule has 0 saturated heterocycles. The van der Waals surface area contributed by atoms with Crippen LogP contribution in [0, 0.1) is 11.6 Å². The molecule has 0 aliphatic rings. The first-order valence-corrected chi connectivity index (χ1v) is 5.82. The van der Waals surface area contributed by atoms with Crippen molar-refractivity contribution in [3.05, 3.63) is 59.3 Å². The van der Waals surface area contributed by atoms with Gasteiger partial charge < -0.3 is 10.1 Å². The van der Waals surface area contributed by atoms with E-state index in [9.17, 15) is 13.6 Å². The van der Waals surface area contributed by atoms with Crippen molar-refractivity contribution in [2.24, 2.45) is 0 Å². The van der Waals surface area contributed by atoms with Gasteiger partial charge in [-0.25, -0.2) is 18.6 Å². The Kier molecular flexibility index (Phi) is 4.24. The number of nitrogens with zero attached hydrogens (tertiary/aromatic N) is 1. The summed E-state index contributed by atoms with van der Waals surface area (Å²) in [4.78, 5) is 15.2. The Morgan fingerprint density at radius 2 is 2.10 bits per heavy atom. The van der Waals surface area contributed by atoms with E-state index in [0.29, 0.717) is 16.9 Å². The molecular formula is C14H12F2N2O2. The Morgan fingerprint density at radius 1 is 1.30 bits per heavy atom. The molecule has 0 atom stereocenters. The summed E-state index contributed by atoms with van der Waals surface area (Å²) in [6.07, 6.45) is 1.36. The highest BCUT2D eigenvalue weighted by Crippen LogP contribution is 2.12. The van der Waals surface area contributed by atoms with Gasteiger partial charge in [0.15, 0.2) is 0 Å². The third-order valence-corrected chi connectivity index (χ3v) is 2.66. The maximum atomic E-state index is 13.4. The lowest BCUT2D eigenvalue weighted by atomic mass is 10.2. The van der Waals surface area contributed by atoms with Crippen LogP contribution in [-0.4, -0.2) is 18.1 Å². The van der Waals surface area contributed by atoms with Crippen molar-refractivity contribution in [1.82, 2.24) is 4.98 Å². The molecule has 20 heavy (non-hydrogen) atoms. The highest BCUT2D eigenvalue weighted by atomic mass is 19.1. The topological polar surface area (TPSA) is 51.2 Å². The molecule has 0 aliphatic carbocycles. The molecular weight excluding hydrogens is 266 g/mol. The quantitative estimate of drug-likeness (QED) is 0.874. The summed E-state index contributed by atoms with van der Waals surface area (Å²) in [6, 6.07) is 6.50. The molecule has 104 valence electrons. The van der Waals surface area contributed by atoms with Gasteiger partial charge in [-0.1, -0.05) is 6.07 Å². The van der Waals surface area contributed by atoms with Crippen LogP contribution in [0.15, 0.2) is 36.5 Å². The third-order valence-electron chi connectivity index (χ3n) is 2.66. The van der Waals surface area contributed by atoms with Crippen LogP contribution in [0.1, 0.15) is 15.9 Å². The first-order chi connectivity index (χ1) is 9.60. The monoisotopic (exact) mass is 278 g/mol. The third kappa shape index (κ3) is 3.28. The molecule has 0 fully saturated rings. The van der Waals surface area contributed by atoms with E-state index in [-0.39, 0.29) is 6.54 Å². The number of hydrogen-bond donors (Lipinski definition) is 1. The summed E-state index contributed by atoms with van der Waals surface area (Å²) in [5, 5.41) is 2.88. The molecule has 1 heterocycles. The zero-order valence-corrected chi connectivity index (χ0v) is 10.7. The number of aromatic nitrogens is 1. The molecule has 2 aromatic rings. The molecule has 0 amide bonds. The van der Waals surface area contributed by atoms with E-state index in [1.807, 2.05) is 0 Å². The van der Waals surface area contributed by atoms with E-state index in [4.69, 9.17) is 0 Å². The minimum absolute atomic E-state index is 0.163. The predicted octanol–water partition coefficient (Wildman–Crippen LogP) is 2.76. The zero-order valence-electron chi connectivity index (χ0n) is 10.7. The van der Waals surface area contributed by atoms with Gasteiger partial charge in [0.1, 0.15) is 17.5 Å². The molecule has 1 aromatic heterocycles. The van der Waals surface area contributed by atoms with E-state index < -0.39 is 17.6 Å². The summed E-state index contributed by atoms with van der Waals surface area (Å²) in [5.41, 5.74) is 0.649. The van der Waals surface area contributed by atoms with E-state index in [2.05, 4.69) is 15.0 Å². The number of halogens is 2. The maximum absolute atomic E-state index is 13.4. The second-order valence-corrected chi connectivity index (χ2v) is 4.01. The predicted molar refractivity (Wildman–Crippen MR) is 69.3 cm³/mol. The average molecular weight is 278 g/mol. The van der Waals surface area contributed by atoms with Crippen molar-refractivity contribution in [2.75, 3.05) is 12.4 Å². The number of ether oxygens (including phenoxy) is 1. The van der Waals surface area contributed by atoms with Gasteiger partial charge in [-0.2, -0.15) is 0 Å². The molecule has 0 bridgehead atoms.